The number of amides is 2. The van der Waals surface area contributed by atoms with Crippen molar-refractivity contribution in [2.75, 3.05) is 24.7 Å². The highest BCUT2D eigenvalue weighted by atomic mass is 79.9. The Morgan fingerprint density at radius 1 is 1.10 bits per heavy atom. The summed E-state index contributed by atoms with van der Waals surface area (Å²) in [5.41, 5.74) is 1.46. The molecule has 0 aliphatic heterocycles. The minimum Gasteiger partial charge on any atom is -0.496 e. The Kier molecular flexibility index (Phi) is 7.47. The van der Waals surface area contributed by atoms with E-state index in [-0.39, 0.29) is 24.1 Å². The normalized spacial score (nSPS) is 10.5. The third-order valence-corrected chi connectivity index (χ3v) is 5.82. The first-order valence-electron chi connectivity index (χ1n) is 8.96. The maximum atomic E-state index is 12.1. The van der Waals surface area contributed by atoms with Crippen LogP contribution in [-0.2, 0) is 16.6 Å². The number of thioether (sulfide) groups is 1. The zero-order valence-corrected chi connectivity index (χ0v) is 18.8. The largest absolute Gasteiger partial charge is 0.496 e. The number of hydrogen-bond donors (Lipinski definition) is 2. The molecule has 3 rings (SSSR count). The van der Waals surface area contributed by atoms with Gasteiger partial charge in [-0.1, -0.05) is 36.0 Å². The number of anilines is 1. The van der Waals surface area contributed by atoms with Crippen LogP contribution < -0.4 is 15.4 Å². The first-order chi connectivity index (χ1) is 14.5. The molecule has 0 spiro atoms. The molecule has 10 heteroatoms. The highest BCUT2D eigenvalue weighted by Crippen LogP contribution is 2.29. The smallest absolute Gasteiger partial charge is 0.243 e. The van der Waals surface area contributed by atoms with Crippen molar-refractivity contribution in [2.45, 2.75) is 5.16 Å². The Labute approximate surface area is 186 Å². The fourth-order valence-corrected chi connectivity index (χ4v) is 3.75. The molecule has 156 valence electrons. The van der Waals surface area contributed by atoms with Crippen LogP contribution in [0.4, 0.5) is 5.69 Å². The molecule has 1 heterocycles. The third kappa shape index (κ3) is 5.39. The highest BCUT2D eigenvalue weighted by Gasteiger charge is 2.16. The van der Waals surface area contributed by atoms with Gasteiger partial charge >= 0.3 is 0 Å². The van der Waals surface area contributed by atoms with Crippen molar-refractivity contribution >= 4 is 45.2 Å². The van der Waals surface area contributed by atoms with E-state index in [1.807, 2.05) is 49.5 Å². The molecule has 0 bridgehead atoms. The molecule has 0 fully saturated rings. The fourth-order valence-electron chi connectivity index (χ4n) is 2.62. The van der Waals surface area contributed by atoms with Gasteiger partial charge in [0.1, 0.15) is 5.75 Å². The lowest BCUT2D eigenvalue weighted by molar-refractivity contribution is -0.122. The monoisotopic (exact) mass is 489 g/mol. The van der Waals surface area contributed by atoms with Gasteiger partial charge in [-0.05, 0) is 40.2 Å². The first kappa shape index (κ1) is 21.8. The van der Waals surface area contributed by atoms with E-state index >= 15 is 0 Å². The van der Waals surface area contributed by atoms with Crippen LogP contribution in [0.25, 0.3) is 11.4 Å². The van der Waals surface area contributed by atoms with E-state index < -0.39 is 0 Å². The minimum absolute atomic E-state index is 0.111. The van der Waals surface area contributed by atoms with Crippen molar-refractivity contribution in [2.24, 2.45) is 7.05 Å². The number of nitrogens with one attached hydrogen (secondary N) is 2. The molecule has 8 nitrogen and oxygen atoms in total. The lowest BCUT2D eigenvalue weighted by Crippen LogP contribution is -2.34. The first-order valence-corrected chi connectivity index (χ1v) is 10.7. The Hall–Kier alpha value is -2.85. The maximum Gasteiger partial charge on any atom is 0.243 e. The zero-order valence-electron chi connectivity index (χ0n) is 16.4. The Bertz CT molecular complexity index is 1060. The van der Waals surface area contributed by atoms with Crippen LogP contribution in [0.3, 0.4) is 0 Å². The number of hydrogen-bond acceptors (Lipinski definition) is 6. The van der Waals surface area contributed by atoms with Crippen LogP contribution in [0.1, 0.15) is 0 Å². The average molecular weight is 490 g/mol. The molecule has 0 radical (unpaired) electrons. The SMILES string of the molecule is COc1ccccc1-c1nnc(SCC(=O)NCC(=O)Nc2ccccc2Br)n1C. The van der Waals surface area contributed by atoms with E-state index in [0.29, 0.717) is 22.4 Å². The second-order valence-corrected chi connectivity index (χ2v) is 7.96. The zero-order chi connectivity index (χ0) is 21.5. The van der Waals surface area contributed by atoms with Gasteiger partial charge in [0, 0.05) is 11.5 Å². The van der Waals surface area contributed by atoms with Crippen LogP contribution >= 0.6 is 27.7 Å². The summed E-state index contributed by atoms with van der Waals surface area (Å²) in [6.07, 6.45) is 0. The van der Waals surface area contributed by atoms with Crippen molar-refractivity contribution in [3.63, 3.8) is 0 Å². The van der Waals surface area contributed by atoms with Gasteiger partial charge in [0.05, 0.1) is 30.7 Å². The molecule has 2 aromatic carbocycles. The number of rotatable bonds is 8. The number of carbonyl (C=O) groups is 2. The number of methoxy groups -OCH3 is 1. The van der Waals surface area contributed by atoms with Gasteiger partial charge in [-0.15, -0.1) is 10.2 Å². The number of nitrogens with zero attached hydrogens (tertiary/aromatic N) is 3. The fraction of sp³-hybridized carbons (Fsp3) is 0.200. The summed E-state index contributed by atoms with van der Waals surface area (Å²) in [5.74, 6) is 0.864. The van der Waals surface area contributed by atoms with Crippen LogP contribution in [0, 0.1) is 0 Å². The molecular weight excluding hydrogens is 470 g/mol. The van der Waals surface area contributed by atoms with Gasteiger partial charge in [-0.2, -0.15) is 0 Å². The molecule has 0 saturated carbocycles. The van der Waals surface area contributed by atoms with Gasteiger partial charge in [-0.25, -0.2) is 0 Å². The minimum atomic E-state index is -0.308. The second kappa shape index (κ2) is 10.3. The van der Waals surface area contributed by atoms with E-state index in [9.17, 15) is 9.59 Å². The quantitative estimate of drug-likeness (QED) is 0.471. The van der Waals surface area contributed by atoms with Crippen LogP contribution in [-0.4, -0.2) is 46.0 Å². The molecule has 0 unspecified atom stereocenters. The van der Waals surface area contributed by atoms with Crippen molar-refractivity contribution in [3.05, 3.63) is 53.0 Å². The van der Waals surface area contributed by atoms with E-state index in [1.54, 1.807) is 17.7 Å². The number of ether oxygens (including phenoxy) is 1. The van der Waals surface area contributed by atoms with Crippen LogP contribution in [0.2, 0.25) is 0 Å². The van der Waals surface area contributed by atoms with Crippen molar-refractivity contribution in [1.29, 1.82) is 0 Å². The molecule has 3 aromatic rings. The molecule has 0 aliphatic rings. The number of halogens is 1. The third-order valence-electron chi connectivity index (χ3n) is 4.11. The molecular formula is C20H20BrN5O3S. The van der Waals surface area contributed by atoms with Gasteiger partial charge in [-0.3, -0.25) is 9.59 Å². The summed E-state index contributed by atoms with van der Waals surface area (Å²) < 4.78 is 7.95. The summed E-state index contributed by atoms with van der Waals surface area (Å²) in [6, 6.07) is 14.8. The van der Waals surface area contributed by atoms with Crippen molar-refractivity contribution < 1.29 is 14.3 Å². The lowest BCUT2D eigenvalue weighted by Gasteiger charge is -2.09. The maximum absolute atomic E-state index is 12.1. The number of aromatic nitrogens is 3. The summed E-state index contributed by atoms with van der Waals surface area (Å²) in [5, 5.41) is 14.3. The van der Waals surface area contributed by atoms with Gasteiger partial charge in [0.2, 0.25) is 11.8 Å². The lowest BCUT2D eigenvalue weighted by atomic mass is 10.2. The second-order valence-electron chi connectivity index (χ2n) is 6.16. The van der Waals surface area contributed by atoms with Crippen molar-refractivity contribution in [3.8, 4) is 17.1 Å². The topological polar surface area (TPSA) is 98.1 Å². The van der Waals surface area contributed by atoms with E-state index in [4.69, 9.17) is 4.74 Å². The van der Waals surface area contributed by atoms with Gasteiger partial charge < -0.3 is 19.9 Å². The predicted octanol–water partition coefficient (Wildman–Crippen LogP) is 3.10. The molecule has 1 aromatic heterocycles. The van der Waals surface area contributed by atoms with E-state index in [2.05, 4.69) is 36.8 Å². The number of para-hydroxylation sites is 2. The summed E-state index contributed by atoms with van der Waals surface area (Å²) in [4.78, 5) is 24.2. The number of carbonyl (C=O) groups excluding carboxylic acids is 2. The molecule has 2 amide bonds. The van der Waals surface area contributed by atoms with Crippen LogP contribution in [0.15, 0.2) is 58.2 Å². The standard InChI is InChI=1S/C20H20BrN5O3S/c1-26-19(13-7-3-6-10-16(13)29-2)24-25-20(26)30-12-18(28)22-11-17(27)23-15-9-5-4-8-14(15)21/h3-10H,11-12H2,1-2H3,(H,22,28)(H,23,27). The Morgan fingerprint density at radius 3 is 2.60 bits per heavy atom. The van der Waals surface area contributed by atoms with Crippen LogP contribution in [0.5, 0.6) is 5.75 Å². The summed E-state index contributed by atoms with van der Waals surface area (Å²) in [6.45, 7) is -0.119. The Morgan fingerprint density at radius 2 is 1.83 bits per heavy atom. The van der Waals surface area contributed by atoms with E-state index in [0.717, 1.165) is 10.0 Å². The molecule has 0 atom stereocenters. The molecule has 30 heavy (non-hydrogen) atoms. The highest BCUT2D eigenvalue weighted by molar-refractivity contribution is 9.10. The number of benzene rings is 2. The van der Waals surface area contributed by atoms with Gasteiger partial charge in [0.25, 0.3) is 0 Å². The summed E-state index contributed by atoms with van der Waals surface area (Å²) >= 11 is 4.60. The predicted molar refractivity (Wildman–Crippen MR) is 119 cm³/mol. The van der Waals surface area contributed by atoms with Gasteiger partial charge in [0.15, 0.2) is 11.0 Å². The molecule has 0 saturated heterocycles. The van der Waals surface area contributed by atoms with E-state index in [1.165, 1.54) is 11.8 Å². The molecule has 0 aliphatic carbocycles. The average Bonchev–Trinajstić information content (AvgIpc) is 3.12. The Balaban J connectivity index is 1.52. The van der Waals surface area contributed by atoms with Crippen molar-refractivity contribution in [1.82, 2.24) is 20.1 Å². The molecule has 2 N–H and O–H groups in total. The summed E-state index contributed by atoms with van der Waals surface area (Å²) in [7, 11) is 3.43.